The van der Waals surface area contributed by atoms with Crippen LogP contribution in [0.25, 0.3) is 0 Å². The molecule has 2 aromatic carbocycles. The SMILES string of the molecule is CCc1ccc(NC(=O)CC[NH2+][C@H](C)c2ccccc2)cc1. The minimum absolute atomic E-state index is 0.0701. The second kappa shape index (κ2) is 8.35. The zero-order chi connectivity index (χ0) is 15.8. The maximum Gasteiger partial charge on any atom is 0.230 e. The summed E-state index contributed by atoms with van der Waals surface area (Å²) in [7, 11) is 0. The van der Waals surface area contributed by atoms with Crippen LogP contribution in [0, 0.1) is 0 Å². The molecule has 0 bridgehead atoms. The van der Waals surface area contributed by atoms with Crippen LogP contribution in [0.15, 0.2) is 54.6 Å². The van der Waals surface area contributed by atoms with Crippen LogP contribution in [0.5, 0.6) is 0 Å². The van der Waals surface area contributed by atoms with Gasteiger partial charge in [-0.2, -0.15) is 0 Å². The Balaban J connectivity index is 1.73. The number of rotatable bonds is 7. The van der Waals surface area contributed by atoms with Gasteiger partial charge < -0.3 is 10.6 Å². The molecule has 0 aliphatic heterocycles. The molecule has 0 unspecified atom stereocenters. The van der Waals surface area contributed by atoms with Gasteiger partial charge in [-0.1, -0.05) is 49.4 Å². The number of quaternary nitrogens is 1. The van der Waals surface area contributed by atoms with E-state index in [9.17, 15) is 4.79 Å². The molecule has 2 rings (SSSR count). The van der Waals surface area contributed by atoms with Crippen LogP contribution in [0.1, 0.15) is 37.4 Å². The first kappa shape index (κ1) is 16.2. The van der Waals surface area contributed by atoms with E-state index in [1.54, 1.807) is 0 Å². The maximum absolute atomic E-state index is 12.0. The van der Waals surface area contributed by atoms with Gasteiger partial charge >= 0.3 is 0 Å². The zero-order valence-electron chi connectivity index (χ0n) is 13.4. The van der Waals surface area contributed by atoms with Crippen LogP contribution in [0.4, 0.5) is 5.69 Å². The molecular weight excluding hydrogens is 272 g/mol. The smallest absolute Gasteiger partial charge is 0.230 e. The predicted octanol–water partition coefficient (Wildman–Crippen LogP) is 2.90. The Kier molecular flexibility index (Phi) is 6.16. The number of nitrogens with two attached hydrogens (primary N) is 1. The average molecular weight is 297 g/mol. The molecule has 0 saturated heterocycles. The van der Waals surface area contributed by atoms with E-state index < -0.39 is 0 Å². The van der Waals surface area contributed by atoms with E-state index >= 15 is 0 Å². The van der Waals surface area contributed by atoms with E-state index in [2.05, 4.69) is 48.7 Å². The lowest BCUT2D eigenvalue weighted by Gasteiger charge is -2.11. The molecule has 0 aliphatic carbocycles. The first-order chi connectivity index (χ1) is 10.7. The third-order valence-electron chi connectivity index (χ3n) is 3.86. The van der Waals surface area contributed by atoms with Crippen molar-refractivity contribution in [2.45, 2.75) is 32.7 Å². The molecule has 22 heavy (non-hydrogen) atoms. The molecule has 3 nitrogen and oxygen atoms in total. The molecular formula is C19H25N2O+. The summed E-state index contributed by atoms with van der Waals surface area (Å²) in [4.78, 5) is 12.0. The maximum atomic E-state index is 12.0. The fraction of sp³-hybridized carbons (Fsp3) is 0.316. The highest BCUT2D eigenvalue weighted by molar-refractivity contribution is 5.90. The quantitative estimate of drug-likeness (QED) is 0.811. The number of carbonyl (C=O) groups excluding carboxylic acids is 1. The number of nitrogens with one attached hydrogen (secondary N) is 1. The summed E-state index contributed by atoms with van der Waals surface area (Å²) in [6, 6.07) is 18.8. The first-order valence-corrected chi connectivity index (χ1v) is 7.96. The van der Waals surface area contributed by atoms with Gasteiger partial charge in [-0.15, -0.1) is 0 Å². The Hall–Kier alpha value is -2.13. The van der Waals surface area contributed by atoms with E-state index in [1.807, 2.05) is 30.3 Å². The van der Waals surface area contributed by atoms with Gasteiger partial charge in [0.15, 0.2) is 0 Å². The van der Waals surface area contributed by atoms with E-state index in [4.69, 9.17) is 0 Å². The predicted molar refractivity (Wildman–Crippen MR) is 90.7 cm³/mol. The minimum Gasteiger partial charge on any atom is -0.340 e. The van der Waals surface area contributed by atoms with Crippen molar-refractivity contribution in [2.24, 2.45) is 0 Å². The summed E-state index contributed by atoms with van der Waals surface area (Å²) >= 11 is 0. The fourth-order valence-electron chi connectivity index (χ4n) is 2.40. The summed E-state index contributed by atoms with van der Waals surface area (Å²) in [5.74, 6) is 0.0701. The average Bonchev–Trinajstić information content (AvgIpc) is 2.56. The van der Waals surface area contributed by atoms with E-state index in [1.165, 1.54) is 11.1 Å². The largest absolute Gasteiger partial charge is 0.340 e. The van der Waals surface area contributed by atoms with Crippen molar-refractivity contribution in [1.82, 2.24) is 0 Å². The van der Waals surface area contributed by atoms with Crippen molar-refractivity contribution in [3.8, 4) is 0 Å². The third-order valence-corrected chi connectivity index (χ3v) is 3.86. The van der Waals surface area contributed by atoms with Gasteiger partial charge in [0, 0.05) is 11.3 Å². The number of hydrogen-bond donors (Lipinski definition) is 2. The second-order valence-corrected chi connectivity index (χ2v) is 5.57. The van der Waals surface area contributed by atoms with Gasteiger partial charge in [-0.05, 0) is 31.0 Å². The molecule has 0 aromatic heterocycles. The Bertz CT molecular complexity index is 578. The van der Waals surface area contributed by atoms with Crippen molar-refractivity contribution < 1.29 is 10.1 Å². The number of hydrogen-bond acceptors (Lipinski definition) is 1. The van der Waals surface area contributed by atoms with Crippen LogP contribution in [0.2, 0.25) is 0 Å². The Morgan fingerprint density at radius 1 is 1.09 bits per heavy atom. The summed E-state index contributed by atoms with van der Waals surface area (Å²) < 4.78 is 0. The molecule has 0 aliphatic rings. The van der Waals surface area contributed by atoms with Crippen LogP contribution >= 0.6 is 0 Å². The topological polar surface area (TPSA) is 45.7 Å². The summed E-state index contributed by atoms with van der Waals surface area (Å²) in [5.41, 5.74) is 3.44. The van der Waals surface area contributed by atoms with Crippen LogP contribution in [-0.4, -0.2) is 12.5 Å². The molecule has 0 radical (unpaired) electrons. The van der Waals surface area contributed by atoms with Crippen molar-refractivity contribution in [3.63, 3.8) is 0 Å². The van der Waals surface area contributed by atoms with E-state index in [0.29, 0.717) is 12.5 Å². The van der Waals surface area contributed by atoms with Gasteiger partial charge in [-0.3, -0.25) is 4.79 Å². The molecule has 3 heteroatoms. The van der Waals surface area contributed by atoms with Gasteiger partial charge in [0.1, 0.15) is 6.04 Å². The van der Waals surface area contributed by atoms with Gasteiger partial charge in [0.25, 0.3) is 0 Å². The highest BCUT2D eigenvalue weighted by Crippen LogP contribution is 2.10. The van der Waals surface area contributed by atoms with Gasteiger partial charge in [-0.25, -0.2) is 0 Å². The molecule has 0 spiro atoms. The van der Waals surface area contributed by atoms with Crippen molar-refractivity contribution in [3.05, 3.63) is 65.7 Å². The van der Waals surface area contributed by atoms with Crippen LogP contribution in [-0.2, 0) is 11.2 Å². The highest BCUT2D eigenvalue weighted by atomic mass is 16.1. The van der Waals surface area contributed by atoms with E-state index in [0.717, 1.165) is 18.7 Å². The number of aryl methyl sites for hydroxylation is 1. The number of anilines is 1. The van der Waals surface area contributed by atoms with E-state index in [-0.39, 0.29) is 5.91 Å². The summed E-state index contributed by atoms with van der Waals surface area (Å²) in [5, 5.41) is 5.15. The first-order valence-electron chi connectivity index (χ1n) is 7.96. The fourth-order valence-corrected chi connectivity index (χ4v) is 2.40. The summed E-state index contributed by atoms with van der Waals surface area (Å²) in [6.45, 7) is 5.07. The summed E-state index contributed by atoms with van der Waals surface area (Å²) in [6.07, 6.45) is 1.53. The van der Waals surface area contributed by atoms with Crippen LogP contribution in [0.3, 0.4) is 0 Å². The lowest BCUT2D eigenvalue weighted by atomic mass is 10.1. The number of benzene rings is 2. The molecule has 2 aromatic rings. The Morgan fingerprint density at radius 3 is 2.41 bits per heavy atom. The molecule has 3 N–H and O–H groups in total. The number of carbonyl (C=O) groups is 1. The minimum atomic E-state index is 0.0701. The third kappa shape index (κ3) is 5.01. The van der Waals surface area contributed by atoms with Crippen molar-refractivity contribution >= 4 is 11.6 Å². The molecule has 1 atom stereocenters. The van der Waals surface area contributed by atoms with Gasteiger partial charge in [0.05, 0.1) is 13.0 Å². The van der Waals surface area contributed by atoms with Gasteiger partial charge in [0.2, 0.25) is 5.91 Å². The Labute approximate surface area is 132 Å². The number of amides is 1. The highest BCUT2D eigenvalue weighted by Gasteiger charge is 2.09. The zero-order valence-corrected chi connectivity index (χ0v) is 13.4. The lowest BCUT2D eigenvalue weighted by molar-refractivity contribution is -0.691. The monoisotopic (exact) mass is 297 g/mol. The van der Waals surface area contributed by atoms with Crippen LogP contribution < -0.4 is 10.6 Å². The second-order valence-electron chi connectivity index (χ2n) is 5.57. The lowest BCUT2D eigenvalue weighted by Crippen LogP contribution is -2.85. The van der Waals surface area contributed by atoms with Crippen molar-refractivity contribution in [1.29, 1.82) is 0 Å². The molecule has 0 saturated carbocycles. The molecule has 1 amide bonds. The molecule has 0 fully saturated rings. The van der Waals surface area contributed by atoms with Crippen molar-refractivity contribution in [2.75, 3.05) is 11.9 Å². The molecule has 116 valence electrons. The normalized spacial score (nSPS) is 11.9. The molecule has 0 heterocycles. The Morgan fingerprint density at radius 2 is 1.77 bits per heavy atom. The standard InChI is InChI=1S/C19H24N2O/c1-3-16-9-11-18(12-10-16)21-19(22)13-14-20-15(2)17-7-5-4-6-8-17/h4-12,15,20H,3,13-14H2,1-2H3,(H,21,22)/p+1/t15-/m1/s1.